The van der Waals surface area contributed by atoms with E-state index in [0.717, 1.165) is 49.7 Å². The van der Waals surface area contributed by atoms with Crippen LogP contribution >= 0.6 is 0 Å². The predicted molar refractivity (Wildman–Crippen MR) is 115 cm³/mol. The molecule has 0 saturated heterocycles. The number of aliphatic carboxylic acids is 1. The summed E-state index contributed by atoms with van der Waals surface area (Å²) in [7, 11) is 0. The number of benzene rings is 1. The summed E-state index contributed by atoms with van der Waals surface area (Å²) in [4.78, 5) is 23.1. The van der Waals surface area contributed by atoms with Gasteiger partial charge in [-0.1, -0.05) is 62.8 Å². The fourth-order valence-electron chi connectivity index (χ4n) is 5.38. The van der Waals surface area contributed by atoms with Gasteiger partial charge in [0.05, 0.1) is 12.2 Å². The number of aliphatic hydroxyl groups is 2. The first-order chi connectivity index (χ1) is 14.5. The zero-order chi connectivity index (χ0) is 21.5. The molecule has 2 saturated carbocycles. The van der Waals surface area contributed by atoms with Crippen LogP contribution in [-0.2, 0) is 9.59 Å². The maximum absolute atomic E-state index is 12.5. The summed E-state index contributed by atoms with van der Waals surface area (Å²) in [6.45, 7) is 0. The van der Waals surface area contributed by atoms with Gasteiger partial charge in [-0.3, -0.25) is 9.59 Å². The van der Waals surface area contributed by atoms with Crippen molar-refractivity contribution >= 4 is 11.8 Å². The predicted octanol–water partition coefficient (Wildman–Crippen LogP) is 4.76. The van der Waals surface area contributed by atoms with E-state index in [9.17, 15) is 19.8 Å². The minimum Gasteiger partial charge on any atom is -0.481 e. The van der Waals surface area contributed by atoms with Crippen molar-refractivity contribution < 1.29 is 24.9 Å². The van der Waals surface area contributed by atoms with Gasteiger partial charge in [0.2, 0.25) is 0 Å². The van der Waals surface area contributed by atoms with Crippen LogP contribution in [0.1, 0.15) is 100 Å². The van der Waals surface area contributed by atoms with Crippen LogP contribution in [0, 0.1) is 11.8 Å². The summed E-state index contributed by atoms with van der Waals surface area (Å²) in [5.41, 5.74) is 1.91. The average Bonchev–Trinajstić information content (AvgIpc) is 3.03. The van der Waals surface area contributed by atoms with E-state index in [1.165, 1.54) is 19.3 Å². The van der Waals surface area contributed by atoms with Crippen molar-refractivity contribution in [2.75, 3.05) is 0 Å². The van der Waals surface area contributed by atoms with E-state index >= 15 is 0 Å². The number of carbonyl (C=O) groups excluding carboxylic acids is 1. The van der Waals surface area contributed by atoms with E-state index < -0.39 is 18.2 Å². The van der Waals surface area contributed by atoms with Gasteiger partial charge >= 0.3 is 5.97 Å². The number of carbonyl (C=O) groups is 2. The molecule has 0 heterocycles. The Kier molecular flexibility index (Phi) is 8.46. The summed E-state index contributed by atoms with van der Waals surface area (Å²) in [6.07, 6.45) is 9.16. The van der Waals surface area contributed by atoms with Crippen LogP contribution in [0.5, 0.6) is 0 Å². The molecule has 0 spiro atoms. The lowest BCUT2D eigenvalue weighted by Crippen LogP contribution is -2.19. The first-order valence-corrected chi connectivity index (χ1v) is 11.7. The fraction of sp³-hybridized carbons (Fsp3) is 0.680. The van der Waals surface area contributed by atoms with E-state index in [2.05, 4.69) is 0 Å². The smallest absolute Gasteiger partial charge is 0.303 e. The molecular formula is C25H36O5. The van der Waals surface area contributed by atoms with Crippen molar-refractivity contribution in [3.05, 3.63) is 35.4 Å². The molecular weight excluding hydrogens is 380 g/mol. The van der Waals surface area contributed by atoms with Crippen LogP contribution in [0.4, 0.5) is 0 Å². The highest BCUT2D eigenvalue weighted by atomic mass is 16.4. The molecule has 0 aromatic heterocycles. The van der Waals surface area contributed by atoms with Crippen LogP contribution < -0.4 is 0 Å². The Morgan fingerprint density at radius 3 is 2.33 bits per heavy atom. The van der Waals surface area contributed by atoms with Gasteiger partial charge in [-0.05, 0) is 42.7 Å². The quantitative estimate of drug-likeness (QED) is 0.478. The monoisotopic (exact) mass is 416 g/mol. The second-order valence-electron chi connectivity index (χ2n) is 9.23. The third-order valence-corrected chi connectivity index (χ3v) is 7.09. The highest BCUT2D eigenvalue weighted by molar-refractivity contribution is 5.85. The SMILES string of the molecule is O=C(O)CCCCCC[C@H]1C(=O)C[C@@H](O)[C@@H]1c1ccc(C(O)C2CCCCC2)cc1. The summed E-state index contributed by atoms with van der Waals surface area (Å²) < 4.78 is 0. The van der Waals surface area contributed by atoms with Crippen molar-refractivity contribution in [3.63, 3.8) is 0 Å². The molecule has 5 nitrogen and oxygen atoms in total. The molecule has 2 fully saturated rings. The van der Waals surface area contributed by atoms with Crippen LogP contribution in [0.25, 0.3) is 0 Å². The number of carboxylic acid groups (broad SMARTS) is 1. The summed E-state index contributed by atoms with van der Waals surface area (Å²) in [5.74, 6) is -0.659. The second kappa shape index (κ2) is 11.1. The lowest BCUT2D eigenvalue weighted by Gasteiger charge is -2.27. The lowest BCUT2D eigenvalue weighted by molar-refractivity contribution is -0.137. The highest BCUT2D eigenvalue weighted by Crippen LogP contribution is 2.41. The number of Topliss-reactive ketones (excluding diaryl/α,β-unsaturated/α-hetero) is 1. The van der Waals surface area contributed by atoms with Crippen molar-refractivity contribution in [3.8, 4) is 0 Å². The van der Waals surface area contributed by atoms with Gasteiger partial charge in [0.1, 0.15) is 5.78 Å². The molecule has 1 aromatic carbocycles. The molecule has 3 rings (SSSR count). The van der Waals surface area contributed by atoms with Gasteiger partial charge in [0.15, 0.2) is 0 Å². The van der Waals surface area contributed by atoms with Gasteiger partial charge in [-0.15, -0.1) is 0 Å². The van der Waals surface area contributed by atoms with Gasteiger partial charge in [0, 0.05) is 24.7 Å². The molecule has 5 heteroatoms. The van der Waals surface area contributed by atoms with Crippen LogP contribution in [0.3, 0.4) is 0 Å². The third-order valence-electron chi connectivity index (χ3n) is 7.09. The molecule has 0 bridgehead atoms. The van der Waals surface area contributed by atoms with E-state index in [1.54, 1.807) is 0 Å². The first-order valence-electron chi connectivity index (χ1n) is 11.7. The van der Waals surface area contributed by atoms with Crippen LogP contribution in [-0.4, -0.2) is 33.2 Å². The Labute approximate surface area is 179 Å². The average molecular weight is 417 g/mol. The molecule has 0 amide bonds. The normalized spacial score (nSPS) is 26.1. The van der Waals surface area contributed by atoms with E-state index in [0.29, 0.717) is 12.3 Å². The minimum atomic E-state index is -0.763. The van der Waals surface area contributed by atoms with E-state index in [4.69, 9.17) is 5.11 Å². The third kappa shape index (κ3) is 5.92. The molecule has 2 aliphatic rings. The van der Waals surface area contributed by atoms with E-state index in [1.807, 2.05) is 24.3 Å². The molecule has 1 aromatic rings. The topological polar surface area (TPSA) is 94.8 Å². The first kappa shape index (κ1) is 23.0. The molecule has 4 atom stereocenters. The van der Waals surface area contributed by atoms with Crippen molar-refractivity contribution in [1.82, 2.24) is 0 Å². The highest BCUT2D eigenvalue weighted by Gasteiger charge is 2.41. The summed E-state index contributed by atoms with van der Waals surface area (Å²) >= 11 is 0. The van der Waals surface area contributed by atoms with Gasteiger partial charge in [-0.25, -0.2) is 0 Å². The number of rotatable bonds is 10. The summed E-state index contributed by atoms with van der Waals surface area (Å²) in [5, 5.41) is 30.0. The zero-order valence-corrected chi connectivity index (χ0v) is 17.8. The van der Waals surface area contributed by atoms with Gasteiger partial charge in [0.25, 0.3) is 0 Å². The molecule has 3 N–H and O–H groups in total. The standard InChI is InChI=1S/C25H36O5/c26-21-16-22(27)24(20(21)10-6-1-2-7-11-23(28)29)17-12-14-19(15-13-17)25(30)18-8-4-3-5-9-18/h12-15,18,20,22,24-25,27,30H,1-11,16H2,(H,28,29)/t20-,22+,24+,25?/m0/s1. The largest absolute Gasteiger partial charge is 0.481 e. The molecule has 0 aliphatic heterocycles. The Morgan fingerprint density at radius 1 is 1.00 bits per heavy atom. The molecule has 30 heavy (non-hydrogen) atoms. The maximum atomic E-state index is 12.5. The lowest BCUT2D eigenvalue weighted by atomic mass is 9.81. The number of aliphatic hydroxyl groups excluding tert-OH is 2. The number of hydrogen-bond donors (Lipinski definition) is 3. The zero-order valence-electron chi connectivity index (χ0n) is 17.8. The molecule has 0 radical (unpaired) electrons. The number of carboxylic acids is 1. The van der Waals surface area contributed by atoms with Crippen LogP contribution in [0.2, 0.25) is 0 Å². The van der Waals surface area contributed by atoms with Crippen molar-refractivity contribution in [1.29, 1.82) is 0 Å². The number of ketones is 1. The second-order valence-corrected chi connectivity index (χ2v) is 9.23. The van der Waals surface area contributed by atoms with E-state index in [-0.39, 0.29) is 30.5 Å². The maximum Gasteiger partial charge on any atom is 0.303 e. The van der Waals surface area contributed by atoms with Gasteiger partial charge in [-0.2, -0.15) is 0 Å². The number of hydrogen-bond acceptors (Lipinski definition) is 4. The van der Waals surface area contributed by atoms with Crippen LogP contribution in [0.15, 0.2) is 24.3 Å². The molecule has 166 valence electrons. The van der Waals surface area contributed by atoms with Gasteiger partial charge < -0.3 is 15.3 Å². The fourth-order valence-corrected chi connectivity index (χ4v) is 5.38. The van der Waals surface area contributed by atoms with Crippen molar-refractivity contribution in [2.24, 2.45) is 11.8 Å². The molecule has 2 aliphatic carbocycles. The molecule has 1 unspecified atom stereocenters. The Bertz CT molecular complexity index is 692. The Morgan fingerprint density at radius 2 is 1.67 bits per heavy atom. The Balaban J connectivity index is 1.57. The number of unbranched alkanes of at least 4 members (excludes halogenated alkanes) is 3. The minimum absolute atomic E-state index is 0.129. The Hall–Kier alpha value is -1.72. The van der Waals surface area contributed by atoms with Crippen molar-refractivity contribution in [2.45, 2.75) is 95.2 Å². The summed E-state index contributed by atoms with van der Waals surface area (Å²) in [6, 6.07) is 7.89.